The number of ether oxygens (including phenoxy) is 2. The second kappa shape index (κ2) is 6.45. The summed E-state index contributed by atoms with van der Waals surface area (Å²) in [7, 11) is 1.69. The predicted molar refractivity (Wildman–Crippen MR) is 78.0 cm³/mol. The van der Waals surface area contributed by atoms with Gasteiger partial charge < -0.3 is 15.2 Å². The first-order valence-electron chi connectivity index (χ1n) is 6.00. The molecule has 0 aliphatic heterocycles. The fourth-order valence-corrected chi connectivity index (χ4v) is 1.84. The number of nitrogens with two attached hydrogens (primary N) is 1. The number of nitrogen functional groups attached to an aromatic ring is 1. The Morgan fingerprint density at radius 1 is 1.11 bits per heavy atom. The van der Waals surface area contributed by atoms with Gasteiger partial charge in [0.25, 0.3) is 0 Å². The van der Waals surface area contributed by atoms with Crippen molar-refractivity contribution in [2.75, 3.05) is 19.5 Å². The minimum Gasteiger partial charge on any atom is -0.455 e. The van der Waals surface area contributed by atoms with E-state index in [4.69, 9.17) is 26.8 Å². The first-order valence-corrected chi connectivity index (χ1v) is 6.38. The lowest BCUT2D eigenvalue weighted by Crippen LogP contribution is -1.95. The van der Waals surface area contributed by atoms with Crippen molar-refractivity contribution < 1.29 is 9.47 Å². The number of halogens is 1. The third-order valence-corrected chi connectivity index (χ3v) is 3.09. The van der Waals surface area contributed by atoms with E-state index in [0.717, 1.165) is 12.2 Å². The summed E-state index contributed by atoms with van der Waals surface area (Å²) in [6.07, 6.45) is 0.885. The van der Waals surface area contributed by atoms with Crippen LogP contribution in [0.15, 0.2) is 42.5 Å². The highest BCUT2D eigenvalue weighted by atomic mass is 35.5. The van der Waals surface area contributed by atoms with E-state index in [1.54, 1.807) is 25.3 Å². The molecule has 100 valence electrons. The number of para-hydroxylation sites is 1. The van der Waals surface area contributed by atoms with Crippen LogP contribution in [0.3, 0.4) is 0 Å². The van der Waals surface area contributed by atoms with E-state index in [9.17, 15) is 0 Å². The Morgan fingerprint density at radius 3 is 2.53 bits per heavy atom. The van der Waals surface area contributed by atoms with E-state index >= 15 is 0 Å². The highest BCUT2D eigenvalue weighted by Crippen LogP contribution is 2.32. The topological polar surface area (TPSA) is 44.5 Å². The van der Waals surface area contributed by atoms with Gasteiger partial charge in [0, 0.05) is 7.11 Å². The second-order valence-corrected chi connectivity index (χ2v) is 4.55. The monoisotopic (exact) mass is 277 g/mol. The number of hydrogen-bond donors (Lipinski definition) is 1. The van der Waals surface area contributed by atoms with Gasteiger partial charge in [0.2, 0.25) is 0 Å². The number of anilines is 1. The molecule has 2 aromatic rings. The van der Waals surface area contributed by atoms with Crippen LogP contribution in [-0.2, 0) is 11.2 Å². The first-order chi connectivity index (χ1) is 9.20. The average Bonchev–Trinajstić information content (AvgIpc) is 2.43. The van der Waals surface area contributed by atoms with Crippen molar-refractivity contribution in [2.45, 2.75) is 6.42 Å². The van der Waals surface area contributed by atoms with Crippen LogP contribution in [0.5, 0.6) is 11.5 Å². The predicted octanol–water partition coefficient (Wildman–Crippen LogP) is 3.90. The second-order valence-electron chi connectivity index (χ2n) is 4.14. The molecule has 0 bridgehead atoms. The van der Waals surface area contributed by atoms with Crippen LogP contribution >= 0.6 is 11.6 Å². The molecule has 0 aliphatic rings. The van der Waals surface area contributed by atoms with Crippen molar-refractivity contribution in [1.29, 1.82) is 0 Å². The fourth-order valence-electron chi connectivity index (χ4n) is 1.68. The van der Waals surface area contributed by atoms with Crippen LogP contribution < -0.4 is 10.5 Å². The van der Waals surface area contributed by atoms with Gasteiger partial charge >= 0.3 is 0 Å². The molecular weight excluding hydrogens is 262 g/mol. The Bertz CT molecular complexity index is 540. The number of methoxy groups -OCH3 is 1. The minimum absolute atomic E-state index is 0.452. The lowest BCUT2D eigenvalue weighted by atomic mass is 10.1. The molecule has 0 saturated carbocycles. The Kier molecular flexibility index (Phi) is 4.66. The normalized spacial score (nSPS) is 10.4. The smallest absolute Gasteiger partial charge is 0.151 e. The Balaban J connectivity index is 2.09. The molecule has 0 spiro atoms. The largest absolute Gasteiger partial charge is 0.455 e. The van der Waals surface area contributed by atoms with Crippen LogP contribution in [0.25, 0.3) is 0 Å². The molecule has 0 fully saturated rings. The Labute approximate surface area is 117 Å². The van der Waals surface area contributed by atoms with Crippen LogP contribution in [-0.4, -0.2) is 13.7 Å². The average molecular weight is 278 g/mol. The van der Waals surface area contributed by atoms with E-state index in [2.05, 4.69) is 0 Å². The summed E-state index contributed by atoms with van der Waals surface area (Å²) in [5, 5.41) is 0.495. The zero-order valence-electron chi connectivity index (χ0n) is 10.7. The lowest BCUT2D eigenvalue weighted by molar-refractivity contribution is 0.202. The summed E-state index contributed by atoms with van der Waals surface area (Å²) in [6, 6.07) is 13.2. The van der Waals surface area contributed by atoms with Gasteiger partial charge in [-0.1, -0.05) is 29.8 Å². The summed E-state index contributed by atoms with van der Waals surface area (Å²) >= 11 is 5.94. The molecule has 0 amide bonds. The van der Waals surface area contributed by atoms with Crippen molar-refractivity contribution in [3.05, 3.63) is 53.1 Å². The molecule has 3 nitrogen and oxygen atoms in total. The Hall–Kier alpha value is -1.71. The van der Waals surface area contributed by atoms with Gasteiger partial charge in [0.15, 0.2) is 5.75 Å². The molecule has 2 aromatic carbocycles. The molecule has 0 aliphatic carbocycles. The molecular formula is C15H16ClNO2. The van der Waals surface area contributed by atoms with E-state index in [0.29, 0.717) is 23.1 Å². The van der Waals surface area contributed by atoms with Crippen molar-refractivity contribution in [1.82, 2.24) is 0 Å². The zero-order valence-corrected chi connectivity index (χ0v) is 11.5. The summed E-state index contributed by atoms with van der Waals surface area (Å²) in [5.74, 6) is 1.30. The van der Waals surface area contributed by atoms with E-state index < -0.39 is 0 Å². The summed E-state index contributed by atoms with van der Waals surface area (Å²) in [6.45, 7) is 0.710. The van der Waals surface area contributed by atoms with Crippen LogP contribution in [0.4, 0.5) is 5.69 Å². The third kappa shape index (κ3) is 3.63. The van der Waals surface area contributed by atoms with E-state index in [-0.39, 0.29) is 0 Å². The van der Waals surface area contributed by atoms with Gasteiger partial charge in [0.1, 0.15) is 5.75 Å². The van der Waals surface area contributed by atoms with Crippen LogP contribution in [0.1, 0.15) is 5.56 Å². The SMILES string of the molecule is COCCc1ccc(Oc2cccc(Cl)c2N)cc1. The van der Waals surface area contributed by atoms with E-state index in [1.807, 2.05) is 24.3 Å². The maximum atomic E-state index is 5.94. The Morgan fingerprint density at radius 2 is 1.84 bits per heavy atom. The van der Waals surface area contributed by atoms with Gasteiger partial charge in [-0.25, -0.2) is 0 Å². The first kappa shape index (κ1) is 13.7. The van der Waals surface area contributed by atoms with Crippen LogP contribution in [0, 0.1) is 0 Å². The number of hydrogen-bond acceptors (Lipinski definition) is 3. The number of rotatable bonds is 5. The van der Waals surface area contributed by atoms with Gasteiger partial charge in [0.05, 0.1) is 17.3 Å². The highest BCUT2D eigenvalue weighted by molar-refractivity contribution is 6.33. The van der Waals surface area contributed by atoms with Gasteiger partial charge in [-0.05, 0) is 36.2 Å². The van der Waals surface area contributed by atoms with Crippen molar-refractivity contribution in [2.24, 2.45) is 0 Å². The molecule has 0 aromatic heterocycles. The maximum Gasteiger partial charge on any atom is 0.151 e. The minimum atomic E-state index is 0.452. The summed E-state index contributed by atoms with van der Waals surface area (Å²) in [5.41, 5.74) is 7.51. The van der Waals surface area contributed by atoms with Crippen LogP contribution in [0.2, 0.25) is 5.02 Å². The fraction of sp³-hybridized carbons (Fsp3) is 0.200. The standard InChI is InChI=1S/C15H16ClNO2/c1-18-10-9-11-5-7-12(8-6-11)19-14-4-2-3-13(16)15(14)17/h2-8H,9-10,17H2,1H3. The van der Waals surface area contributed by atoms with Gasteiger partial charge in [-0.2, -0.15) is 0 Å². The van der Waals surface area contributed by atoms with E-state index in [1.165, 1.54) is 5.56 Å². The summed E-state index contributed by atoms with van der Waals surface area (Å²) in [4.78, 5) is 0. The quantitative estimate of drug-likeness (QED) is 0.843. The molecule has 0 heterocycles. The summed E-state index contributed by atoms with van der Waals surface area (Å²) < 4.78 is 10.7. The molecule has 0 atom stereocenters. The maximum absolute atomic E-state index is 5.94. The molecule has 0 unspecified atom stereocenters. The molecule has 0 radical (unpaired) electrons. The van der Waals surface area contributed by atoms with Crippen molar-refractivity contribution in [3.63, 3.8) is 0 Å². The highest BCUT2D eigenvalue weighted by Gasteiger charge is 2.05. The molecule has 2 N–H and O–H groups in total. The molecule has 19 heavy (non-hydrogen) atoms. The third-order valence-electron chi connectivity index (χ3n) is 2.76. The molecule has 2 rings (SSSR count). The lowest BCUT2D eigenvalue weighted by Gasteiger charge is -2.10. The van der Waals surface area contributed by atoms with Crippen molar-refractivity contribution >= 4 is 17.3 Å². The molecule has 4 heteroatoms. The van der Waals surface area contributed by atoms with Gasteiger partial charge in [-0.15, -0.1) is 0 Å². The van der Waals surface area contributed by atoms with Gasteiger partial charge in [-0.3, -0.25) is 0 Å². The number of benzene rings is 2. The zero-order chi connectivity index (χ0) is 13.7. The van der Waals surface area contributed by atoms with Crippen molar-refractivity contribution in [3.8, 4) is 11.5 Å². The molecule has 0 saturated heterocycles.